The molecule has 5 nitrogen and oxygen atoms in total. The van der Waals surface area contributed by atoms with Crippen LogP contribution in [-0.2, 0) is 9.59 Å². The molecule has 0 aliphatic heterocycles. The molecule has 108 valence electrons. The van der Waals surface area contributed by atoms with Gasteiger partial charge in [-0.25, -0.2) is 0 Å². The fraction of sp³-hybridized carbons (Fsp3) is 0.533. The predicted molar refractivity (Wildman–Crippen MR) is 75.1 cm³/mol. The molecule has 1 aliphatic rings. The number of hydrogen-bond donors (Lipinski definition) is 2. The van der Waals surface area contributed by atoms with Gasteiger partial charge >= 0.3 is 5.97 Å². The largest absolute Gasteiger partial charge is 0.481 e. The quantitative estimate of drug-likeness (QED) is 0.889. The number of amides is 1. The highest BCUT2D eigenvalue weighted by Gasteiger charge is 2.58. The Morgan fingerprint density at radius 3 is 2.60 bits per heavy atom. The minimum Gasteiger partial charge on any atom is -0.481 e. The molecular formula is C15H20N2O3. The van der Waals surface area contributed by atoms with E-state index in [1.54, 1.807) is 31.5 Å². The van der Waals surface area contributed by atoms with Gasteiger partial charge in [0.15, 0.2) is 0 Å². The van der Waals surface area contributed by atoms with E-state index in [2.05, 4.69) is 10.3 Å². The maximum atomic E-state index is 12.4. The van der Waals surface area contributed by atoms with Gasteiger partial charge < -0.3 is 10.4 Å². The summed E-state index contributed by atoms with van der Waals surface area (Å²) in [5, 5.41) is 12.3. The second-order valence-corrected chi connectivity index (χ2v) is 6.18. The molecule has 2 rings (SSSR count). The van der Waals surface area contributed by atoms with Crippen molar-refractivity contribution < 1.29 is 14.7 Å². The zero-order chi connectivity index (χ0) is 15.0. The van der Waals surface area contributed by atoms with Crippen molar-refractivity contribution in [2.24, 2.45) is 16.7 Å². The Balaban J connectivity index is 2.18. The molecule has 0 spiro atoms. The third kappa shape index (κ3) is 2.17. The van der Waals surface area contributed by atoms with Crippen LogP contribution in [0.5, 0.6) is 0 Å². The monoisotopic (exact) mass is 276 g/mol. The number of rotatable bonds is 3. The van der Waals surface area contributed by atoms with Gasteiger partial charge in [0.05, 0.1) is 17.3 Å². The van der Waals surface area contributed by atoms with E-state index in [-0.39, 0.29) is 11.8 Å². The van der Waals surface area contributed by atoms with Gasteiger partial charge in [-0.1, -0.05) is 13.8 Å². The molecule has 1 aromatic heterocycles. The van der Waals surface area contributed by atoms with Crippen molar-refractivity contribution in [1.29, 1.82) is 0 Å². The Labute approximate surface area is 118 Å². The Bertz CT molecular complexity index is 527. The Kier molecular flexibility index (Phi) is 3.54. The van der Waals surface area contributed by atoms with Crippen molar-refractivity contribution in [2.45, 2.75) is 33.6 Å². The zero-order valence-corrected chi connectivity index (χ0v) is 12.0. The lowest BCUT2D eigenvalue weighted by atomic mass is 9.65. The van der Waals surface area contributed by atoms with E-state index in [0.717, 1.165) is 0 Å². The summed E-state index contributed by atoms with van der Waals surface area (Å²) in [6, 6.07) is 3.51. The first-order valence-corrected chi connectivity index (χ1v) is 6.73. The molecule has 0 aromatic carbocycles. The molecule has 1 fully saturated rings. The van der Waals surface area contributed by atoms with E-state index < -0.39 is 16.8 Å². The highest BCUT2D eigenvalue weighted by atomic mass is 16.4. The highest BCUT2D eigenvalue weighted by Crippen LogP contribution is 2.56. The number of pyridine rings is 1. The van der Waals surface area contributed by atoms with E-state index in [0.29, 0.717) is 18.5 Å². The van der Waals surface area contributed by atoms with Crippen molar-refractivity contribution in [3.8, 4) is 0 Å². The fourth-order valence-electron chi connectivity index (χ4n) is 3.01. The smallest absolute Gasteiger partial charge is 0.309 e. The molecule has 1 heterocycles. The third-order valence-corrected chi connectivity index (χ3v) is 4.94. The van der Waals surface area contributed by atoms with Crippen molar-refractivity contribution >= 4 is 17.6 Å². The predicted octanol–water partition coefficient (Wildman–Crippen LogP) is 2.55. The van der Waals surface area contributed by atoms with E-state index in [1.807, 2.05) is 13.8 Å². The lowest BCUT2D eigenvalue weighted by molar-refractivity contribution is -0.154. The van der Waals surface area contributed by atoms with Crippen LogP contribution in [0.3, 0.4) is 0 Å². The lowest BCUT2D eigenvalue weighted by Gasteiger charge is -2.37. The molecule has 1 saturated carbocycles. The van der Waals surface area contributed by atoms with Gasteiger partial charge in [-0.05, 0) is 37.3 Å². The second kappa shape index (κ2) is 4.89. The average molecular weight is 276 g/mol. The summed E-state index contributed by atoms with van der Waals surface area (Å²) in [7, 11) is 0. The number of nitrogens with zero attached hydrogens (tertiary/aromatic N) is 1. The summed E-state index contributed by atoms with van der Waals surface area (Å²) in [5.41, 5.74) is -0.827. The summed E-state index contributed by atoms with van der Waals surface area (Å²) in [6.07, 6.45) is 4.31. The summed E-state index contributed by atoms with van der Waals surface area (Å²) in [6.45, 7) is 5.45. The number of carboxylic acid groups (broad SMARTS) is 1. The first kappa shape index (κ1) is 14.5. The Morgan fingerprint density at radius 2 is 2.10 bits per heavy atom. The van der Waals surface area contributed by atoms with Crippen LogP contribution in [0.2, 0.25) is 0 Å². The number of aliphatic carboxylic acids is 1. The fourth-order valence-corrected chi connectivity index (χ4v) is 3.01. The molecular weight excluding hydrogens is 256 g/mol. The van der Waals surface area contributed by atoms with Crippen molar-refractivity contribution in [3.63, 3.8) is 0 Å². The summed E-state index contributed by atoms with van der Waals surface area (Å²) >= 11 is 0. The first-order chi connectivity index (χ1) is 9.29. The first-order valence-electron chi connectivity index (χ1n) is 6.73. The maximum Gasteiger partial charge on any atom is 0.309 e. The Hall–Kier alpha value is -1.91. The number of hydrogen-bond acceptors (Lipinski definition) is 3. The molecule has 2 N–H and O–H groups in total. The van der Waals surface area contributed by atoms with Crippen LogP contribution >= 0.6 is 0 Å². The molecule has 1 aliphatic carbocycles. The maximum absolute atomic E-state index is 12.4. The van der Waals surface area contributed by atoms with Crippen LogP contribution in [0.25, 0.3) is 0 Å². The van der Waals surface area contributed by atoms with E-state index in [9.17, 15) is 14.7 Å². The average Bonchev–Trinajstić information content (AvgIpc) is 2.63. The summed E-state index contributed by atoms with van der Waals surface area (Å²) in [5.74, 6) is -1.28. The van der Waals surface area contributed by atoms with Gasteiger partial charge in [-0.3, -0.25) is 14.6 Å². The molecule has 20 heavy (non-hydrogen) atoms. The summed E-state index contributed by atoms with van der Waals surface area (Å²) < 4.78 is 0. The molecule has 1 amide bonds. The van der Waals surface area contributed by atoms with Gasteiger partial charge in [-0.2, -0.15) is 0 Å². The van der Waals surface area contributed by atoms with Gasteiger partial charge in [0, 0.05) is 12.1 Å². The lowest BCUT2D eigenvalue weighted by Crippen LogP contribution is -2.43. The van der Waals surface area contributed by atoms with E-state index in [4.69, 9.17) is 0 Å². The zero-order valence-electron chi connectivity index (χ0n) is 12.0. The molecule has 0 saturated heterocycles. The summed E-state index contributed by atoms with van der Waals surface area (Å²) in [4.78, 5) is 27.9. The SMILES string of the molecule is CC1(C)[C@@H](C(=O)Nc2cccnc2)CC[C@@]1(C)C(=O)O. The standard InChI is InChI=1S/C15H20N2O3/c1-14(2)11(6-7-15(14,3)13(19)20)12(18)17-10-5-4-8-16-9-10/h4-5,8-9,11H,6-7H2,1-3H3,(H,17,18)(H,19,20)/t11-,15+/m1/s1. The third-order valence-electron chi connectivity index (χ3n) is 4.94. The van der Waals surface area contributed by atoms with Gasteiger partial charge in [0.2, 0.25) is 5.91 Å². The van der Waals surface area contributed by atoms with Crippen LogP contribution in [0.15, 0.2) is 24.5 Å². The van der Waals surface area contributed by atoms with Crippen molar-refractivity contribution in [1.82, 2.24) is 4.98 Å². The minimum absolute atomic E-state index is 0.132. The van der Waals surface area contributed by atoms with Crippen molar-refractivity contribution in [3.05, 3.63) is 24.5 Å². The molecule has 0 radical (unpaired) electrons. The topological polar surface area (TPSA) is 79.3 Å². The highest BCUT2D eigenvalue weighted by molar-refractivity contribution is 5.94. The van der Waals surface area contributed by atoms with Gasteiger partial charge in [0.25, 0.3) is 0 Å². The van der Waals surface area contributed by atoms with Crippen LogP contribution in [0.1, 0.15) is 33.6 Å². The second-order valence-electron chi connectivity index (χ2n) is 6.18. The molecule has 0 unspecified atom stereocenters. The van der Waals surface area contributed by atoms with E-state index in [1.165, 1.54) is 0 Å². The number of aromatic nitrogens is 1. The number of carbonyl (C=O) groups excluding carboxylic acids is 1. The molecule has 2 atom stereocenters. The van der Waals surface area contributed by atoms with Gasteiger partial charge in [0.1, 0.15) is 0 Å². The number of anilines is 1. The molecule has 1 aromatic rings. The number of carboxylic acids is 1. The normalized spacial score (nSPS) is 28.1. The van der Waals surface area contributed by atoms with Crippen LogP contribution in [-0.4, -0.2) is 22.0 Å². The molecule has 5 heteroatoms. The molecule has 0 bridgehead atoms. The van der Waals surface area contributed by atoms with Crippen LogP contribution in [0.4, 0.5) is 5.69 Å². The Morgan fingerprint density at radius 1 is 1.40 bits per heavy atom. The number of nitrogens with one attached hydrogen (secondary N) is 1. The van der Waals surface area contributed by atoms with E-state index >= 15 is 0 Å². The van der Waals surface area contributed by atoms with Gasteiger partial charge in [-0.15, -0.1) is 0 Å². The number of carbonyl (C=O) groups is 2. The van der Waals surface area contributed by atoms with Crippen molar-refractivity contribution in [2.75, 3.05) is 5.32 Å². The minimum atomic E-state index is -0.871. The van der Waals surface area contributed by atoms with Crippen LogP contribution in [0, 0.1) is 16.7 Å². The van der Waals surface area contributed by atoms with Crippen LogP contribution < -0.4 is 5.32 Å².